The molecule has 0 bridgehead atoms. The summed E-state index contributed by atoms with van der Waals surface area (Å²) in [6, 6.07) is 0. The van der Waals surface area contributed by atoms with Gasteiger partial charge in [-0.15, -0.1) is 0 Å². The van der Waals surface area contributed by atoms with Crippen molar-refractivity contribution in [2.45, 2.75) is 65.9 Å². The van der Waals surface area contributed by atoms with Crippen molar-refractivity contribution >= 4 is 0 Å². The summed E-state index contributed by atoms with van der Waals surface area (Å²) in [5.41, 5.74) is -0.0975. The van der Waals surface area contributed by atoms with Crippen LogP contribution in [0.5, 0.6) is 0 Å². The number of aliphatic hydroxyl groups is 1. The highest BCUT2D eigenvalue weighted by Gasteiger charge is 2.22. The summed E-state index contributed by atoms with van der Waals surface area (Å²) in [7, 11) is 0. The monoisotopic (exact) mass is 172 g/mol. The van der Waals surface area contributed by atoms with Gasteiger partial charge in [-0.1, -0.05) is 34.1 Å². The fourth-order valence-corrected chi connectivity index (χ4v) is 1.31. The number of hydrogen-bond acceptors (Lipinski definition) is 1. The molecule has 0 aromatic carbocycles. The van der Waals surface area contributed by atoms with Crippen LogP contribution in [-0.2, 0) is 0 Å². The molecular weight excluding hydrogens is 148 g/mol. The van der Waals surface area contributed by atoms with Gasteiger partial charge in [0.05, 0.1) is 5.60 Å². The van der Waals surface area contributed by atoms with E-state index in [2.05, 4.69) is 27.7 Å². The highest BCUT2D eigenvalue weighted by Crippen LogP contribution is 2.27. The lowest BCUT2D eigenvalue weighted by molar-refractivity contribution is 0.0303. The lowest BCUT2D eigenvalue weighted by Crippen LogP contribution is -2.25. The fourth-order valence-electron chi connectivity index (χ4n) is 1.31. The minimum atomic E-state index is -0.442. The predicted octanol–water partition coefficient (Wildman–Crippen LogP) is 3.36. The molecule has 0 saturated carbocycles. The summed E-state index contributed by atoms with van der Waals surface area (Å²) in [6.07, 6.45) is 4.00. The zero-order valence-corrected chi connectivity index (χ0v) is 9.28. The molecule has 1 heteroatoms. The third-order valence-corrected chi connectivity index (χ3v) is 2.20. The minimum absolute atomic E-state index is 0.345. The Balaban J connectivity index is 3.75. The number of rotatable bonds is 4. The molecule has 0 heterocycles. The van der Waals surface area contributed by atoms with Gasteiger partial charge in [-0.3, -0.25) is 0 Å². The Morgan fingerprint density at radius 1 is 0.917 bits per heavy atom. The van der Waals surface area contributed by atoms with E-state index >= 15 is 0 Å². The van der Waals surface area contributed by atoms with Crippen LogP contribution in [-0.4, -0.2) is 10.7 Å². The number of hydrogen-bond donors (Lipinski definition) is 1. The van der Waals surface area contributed by atoms with Gasteiger partial charge in [0.2, 0.25) is 0 Å². The highest BCUT2D eigenvalue weighted by molar-refractivity contribution is 4.75. The maximum absolute atomic E-state index is 9.88. The molecule has 0 aromatic heterocycles. The summed E-state index contributed by atoms with van der Waals surface area (Å²) < 4.78 is 0. The van der Waals surface area contributed by atoms with E-state index in [4.69, 9.17) is 0 Å². The molecule has 0 saturated heterocycles. The first-order valence-corrected chi connectivity index (χ1v) is 4.99. The predicted molar refractivity (Wildman–Crippen MR) is 54.2 cm³/mol. The quantitative estimate of drug-likeness (QED) is 0.689. The molecule has 0 amide bonds. The van der Waals surface area contributed by atoms with Gasteiger partial charge >= 0.3 is 0 Å². The summed E-state index contributed by atoms with van der Waals surface area (Å²) in [5.74, 6) is 0. The van der Waals surface area contributed by atoms with E-state index in [1.54, 1.807) is 0 Å². The summed E-state index contributed by atoms with van der Waals surface area (Å²) in [5, 5.41) is 9.88. The van der Waals surface area contributed by atoms with Crippen molar-refractivity contribution in [1.29, 1.82) is 0 Å². The van der Waals surface area contributed by atoms with E-state index in [9.17, 15) is 5.11 Å². The minimum Gasteiger partial charge on any atom is -0.390 e. The second-order valence-corrected chi connectivity index (χ2v) is 5.31. The molecule has 0 spiro atoms. The average Bonchev–Trinajstić information content (AvgIpc) is 1.83. The van der Waals surface area contributed by atoms with E-state index in [0.29, 0.717) is 5.41 Å². The van der Waals surface area contributed by atoms with Crippen LogP contribution >= 0.6 is 0 Å². The van der Waals surface area contributed by atoms with Crippen molar-refractivity contribution in [3.63, 3.8) is 0 Å². The molecule has 1 unspecified atom stereocenters. The van der Waals surface area contributed by atoms with Crippen molar-refractivity contribution in [2.24, 2.45) is 5.41 Å². The Kier molecular flexibility index (Phi) is 4.25. The van der Waals surface area contributed by atoms with Crippen LogP contribution < -0.4 is 0 Å². The van der Waals surface area contributed by atoms with Crippen LogP contribution in [0.15, 0.2) is 0 Å². The van der Waals surface area contributed by atoms with Gasteiger partial charge in [0.25, 0.3) is 0 Å². The Morgan fingerprint density at radius 2 is 1.42 bits per heavy atom. The largest absolute Gasteiger partial charge is 0.390 e. The summed E-state index contributed by atoms with van der Waals surface area (Å²) in [4.78, 5) is 0. The van der Waals surface area contributed by atoms with Crippen LogP contribution in [0, 0.1) is 5.41 Å². The van der Waals surface area contributed by atoms with Crippen LogP contribution in [0.3, 0.4) is 0 Å². The Hall–Kier alpha value is -0.0400. The molecule has 0 aliphatic rings. The summed E-state index contributed by atoms with van der Waals surface area (Å²) in [6.45, 7) is 10.7. The molecule has 0 radical (unpaired) electrons. The zero-order valence-electron chi connectivity index (χ0n) is 9.28. The van der Waals surface area contributed by atoms with E-state index in [1.807, 2.05) is 6.92 Å². The lowest BCUT2D eigenvalue weighted by Gasteiger charge is -2.27. The second-order valence-electron chi connectivity index (χ2n) is 5.31. The first-order chi connectivity index (χ1) is 5.27. The van der Waals surface area contributed by atoms with Crippen molar-refractivity contribution < 1.29 is 5.11 Å². The molecular formula is C11H24O. The first-order valence-electron chi connectivity index (χ1n) is 4.99. The van der Waals surface area contributed by atoms with Gasteiger partial charge in [0.15, 0.2) is 0 Å². The van der Waals surface area contributed by atoms with Gasteiger partial charge < -0.3 is 5.11 Å². The van der Waals surface area contributed by atoms with Crippen molar-refractivity contribution in [3.05, 3.63) is 0 Å². The third kappa shape index (κ3) is 6.66. The van der Waals surface area contributed by atoms with E-state index in [1.165, 1.54) is 0 Å². The molecule has 1 N–H and O–H groups in total. The van der Waals surface area contributed by atoms with E-state index in [0.717, 1.165) is 25.7 Å². The van der Waals surface area contributed by atoms with Crippen LogP contribution in [0.4, 0.5) is 0 Å². The maximum atomic E-state index is 9.88. The molecule has 74 valence electrons. The molecule has 12 heavy (non-hydrogen) atoms. The Morgan fingerprint density at radius 3 is 1.75 bits per heavy atom. The van der Waals surface area contributed by atoms with Crippen LogP contribution in [0.25, 0.3) is 0 Å². The van der Waals surface area contributed by atoms with Gasteiger partial charge in [0, 0.05) is 0 Å². The van der Waals surface area contributed by atoms with Crippen LogP contribution in [0.1, 0.15) is 60.3 Å². The van der Waals surface area contributed by atoms with E-state index < -0.39 is 5.60 Å². The second kappa shape index (κ2) is 4.27. The van der Waals surface area contributed by atoms with Gasteiger partial charge in [-0.2, -0.15) is 0 Å². The lowest BCUT2D eigenvalue weighted by atomic mass is 9.84. The normalized spacial score (nSPS) is 17.5. The summed E-state index contributed by atoms with van der Waals surface area (Å²) >= 11 is 0. The van der Waals surface area contributed by atoms with Crippen molar-refractivity contribution in [1.82, 2.24) is 0 Å². The molecule has 1 atom stereocenters. The standard InChI is InChI=1S/C11H24O/c1-6-7-11(5,12)9-8-10(2,3)4/h12H,6-9H2,1-5H3. The topological polar surface area (TPSA) is 20.2 Å². The van der Waals surface area contributed by atoms with E-state index in [-0.39, 0.29) is 0 Å². The first kappa shape index (κ1) is 12.0. The Labute approximate surface area is 77.2 Å². The highest BCUT2D eigenvalue weighted by atomic mass is 16.3. The molecule has 0 aliphatic carbocycles. The molecule has 0 aliphatic heterocycles. The smallest absolute Gasteiger partial charge is 0.0619 e. The molecule has 0 aromatic rings. The van der Waals surface area contributed by atoms with Gasteiger partial charge in [-0.05, 0) is 31.6 Å². The molecule has 0 rings (SSSR count). The molecule has 0 fully saturated rings. The van der Waals surface area contributed by atoms with Gasteiger partial charge in [-0.25, -0.2) is 0 Å². The van der Waals surface area contributed by atoms with Crippen molar-refractivity contribution in [3.8, 4) is 0 Å². The van der Waals surface area contributed by atoms with Gasteiger partial charge in [0.1, 0.15) is 0 Å². The Bertz CT molecular complexity index is 119. The SMILES string of the molecule is CCCC(C)(O)CCC(C)(C)C. The third-order valence-electron chi connectivity index (χ3n) is 2.20. The van der Waals surface area contributed by atoms with Crippen LogP contribution in [0.2, 0.25) is 0 Å². The van der Waals surface area contributed by atoms with Crippen molar-refractivity contribution in [2.75, 3.05) is 0 Å². The zero-order chi connectivity index (χ0) is 9.83. The average molecular weight is 172 g/mol. The molecule has 1 nitrogen and oxygen atoms in total. The maximum Gasteiger partial charge on any atom is 0.0619 e. The fraction of sp³-hybridized carbons (Fsp3) is 1.00.